The van der Waals surface area contributed by atoms with E-state index in [1.807, 2.05) is 0 Å². The molecular formula is C6H9N3O2. The number of nitrogens with two attached hydrogens (primary N) is 1. The van der Waals surface area contributed by atoms with Gasteiger partial charge < -0.3 is 15.8 Å². The van der Waals surface area contributed by atoms with Crippen molar-refractivity contribution in [1.29, 1.82) is 0 Å². The molecule has 0 spiro atoms. The fraction of sp³-hybridized carbons (Fsp3) is 0.333. The summed E-state index contributed by atoms with van der Waals surface area (Å²) in [6.07, 6.45) is 0. The number of hydrogen-bond donors (Lipinski definition) is 3. The third-order valence-electron chi connectivity index (χ3n) is 1.33. The number of hydrogen-bond acceptors (Lipinski definition) is 3. The predicted octanol–water partition coefficient (Wildman–Crippen LogP) is -0.125. The molecule has 0 atom stereocenters. The molecular weight excluding hydrogens is 146 g/mol. The highest BCUT2D eigenvalue weighted by Gasteiger charge is 2.11. The zero-order chi connectivity index (χ0) is 8.43. The topological polar surface area (TPSA) is 92.0 Å². The normalized spacial score (nSPS) is 10.0. The maximum Gasteiger partial charge on any atom is 0.356 e. The summed E-state index contributed by atoms with van der Waals surface area (Å²) in [5, 5.41) is 8.55. The number of aromatic carboxylic acids is 1. The Morgan fingerprint density at radius 1 is 1.82 bits per heavy atom. The molecule has 4 N–H and O–H groups in total. The number of nitrogens with one attached hydrogen (secondary N) is 1. The van der Waals surface area contributed by atoms with Crippen LogP contribution in [0.15, 0.2) is 0 Å². The molecule has 0 aliphatic rings. The van der Waals surface area contributed by atoms with Crippen LogP contribution in [-0.4, -0.2) is 21.0 Å². The van der Waals surface area contributed by atoms with Gasteiger partial charge in [0.1, 0.15) is 5.82 Å². The molecule has 0 unspecified atom stereocenters. The van der Waals surface area contributed by atoms with Crippen LogP contribution in [0, 0.1) is 6.92 Å². The number of nitrogens with zero attached hydrogens (tertiary/aromatic N) is 1. The molecule has 0 fully saturated rings. The Balaban J connectivity index is 3.07. The summed E-state index contributed by atoms with van der Waals surface area (Å²) in [6, 6.07) is 0. The van der Waals surface area contributed by atoms with E-state index in [1.165, 1.54) is 0 Å². The van der Waals surface area contributed by atoms with Gasteiger partial charge in [-0.3, -0.25) is 0 Å². The van der Waals surface area contributed by atoms with E-state index in [4.69, 9.17) is 10.8 Å². The van der Waals surface area contributed by atoms with E-state index >= 15 is 0 Å². The van der Waals surface area contributed by atoms with Crippen LogP contribution in [0.2, 0.25) is 0 Å². The van der Waals surface area contributed by atoms with E-state index in [-0.39, 0.29) is 12.2 Å². The molecule has 1 aromatic heterocycles. The molecule has 1 aromatic rings. The van der Waals surface area contributed by atoms with Crippen molar-refractivity contribution in [2.75, 3.05) is 0 Å². The summed E-state index contributed by atoms with van der Waals surface area (Å²) in [6.45, 7) is 1.88. The lowest BCUT2D eigenvalue weighted by Crippen LogP contribution is -2.01. The summed E-state index contributed by atoms with van der Waals surface area (Å²) >= 11 is 0. The second-order valence-electron chi connectivity index (χ2n) is 2.17. The van der Waals surface area contributed by atoms with Gasteiger partial charge in [0, 0.05) is 5.69 Å². The molecule has 5 heteroatoms. The van der Waals surface area contributed by atoms with Gasteiger partial charge in [0.05, 0.1) is 6.54 Å². The fourth-order valence-corrected chi connectivity index (χ4v) is 0.827. The number of aromatic amines is 1. The minimum absolute atomic E-state index is 0.0467. The van der Waals surface area contributed by atoms with Crippen LogP contribution < -0.4 is 5.73 Å². The number of rotatable bonds is 2. The van der Waals surface area contributed by atoms with Crippen molar-refractivity contribution in [2.45, 2.75) is 13.5 Å². The van der Waals surface area contributed by atoms with Gasteiger partial charge in [0.15, 0.2) is 5.69 Å². The first-order chi connectivity index (χ1) is 5.15. The number of carboxylic acids is 1. The molecule has 1 rings (SSSR count). The van der Waals surface area contributed by atoms with Crippen LogP contribution in [-0.2, 0) is 6.54 Å². The highest BCUT2D eigenvalue weighted by molar-refractivity contribution is 5.86. The van der Waals surface area contributed by atoms with Gasteiger partial charge in [-0.1, -0.05) is 0 Å². The first-order valence-corrected chi connectivity index (χ1v) is 3.14. The highest BCUT2D eigenvalue weighted by atomic mass is 16.4. The van der Waals surface area contributed by atoms with Gasteiger partial charge in [-0.15, -0.1) is 0 Å². The molecule has 0 saturated carbocycles. The molecule has 0 aliphatic heterocycles. The number of aromatic nitrogens is 2. The highest BCUT2D eigenvalue weighted by Crippen LogP contribution is 2.03. The van der Waals surface area contributed by atoms with E-state index < -0.39 is 5.97 Å². The summed E-state index contributed by atoms with van der Waals surface area (Å²) in [4.78, 5) is 16.9. The summed E-state index contributed by atoms with van der Waals surface area (Å²) < 4.78 is 0. The van der Waals surface area contributed by atoms with Crippen LogP contribution in [0.3, 0.4) is 0 Å². The molecule has 5 nitrogen and oxygen atoms in total. The molecule has 1 heterocycles. The van der Waals surface area contributed by atoms with Gasteiger partial charge in [-0.2, -0.15) is 0 Å². The van der Waals surface area contributed by atoms with Crippen molar-refractivity contribution in [3.63, 3.8) is 0 Å². The van der Waals surface area contributed by atoms with Crippen LogP contribution in [0.4, 0.5) is 0 Å². The Morgan fingerprint density at radius 3 is 2.73 bits per heavy atom. The molecule has 60 valence electrons. The third kappa shape index (κ3) is 1.38. The van der Waals surface area contributed by atoms with E-state index in [9.17, 15) is 4.79 Å². The third-order valence-corrected chi connectivity index (χ3v) is 1.33. The summed E-state index contributed by atoms with van der Waals surface area (Å²) in [5.74, 6) is -0.529. The standard InChI is InChI=1S/C6H9N3O2/c1-3-5(6(10)11)9-4(2-7)8-3/h2,7H2,1H3,(H,8,9)(H,10,11). The monoisotopic (exact) mass is 155 g/mol. The van der Waals surface area contributed by atoms with Crippen molar-refractivity contribution >= 4 is 5.97 Å². The molecule has 0 saturated heterocycles. The lowest BCUT2D eigenvalue weighted by Gasteiger charge is -1.84. The molecule has 0 radical (unpaired) electrons. The maximum atomic E-state index is 10.4. The van der Waals surface area contributed by atoms with Crippen molar-refractivity contribution in [1.82, 2.24) is 9.97 Å². The lowest BCUT2D eigenvalue weighted by atomic mass is 10.4. The zero-order valence-corrected chi connectivity index (χ0v) is 6.09. The molecule has 11 heavy (non-hydrogen) atoms. The Labute approximate surface area is 63.3 Å². The van der Waals surface area contributed by atoms with E-state index in [2.05, 4.69) is 9.97 Å². The second kappa shape index (κ2) is 2.71. The maximum absolute atomic E-state index is 10.4. The van der Waals surface area contributed by atoms with E-state index in [0.29, 0.717) is 11.5 Å². The number of aryl methyl sites for hydroxylation is 1. The average Bonchev–Trinajstić information content (AvgIpc) is 2.30. The first-order valence-electron chi connectivity index (χ1n) is 3.14. The van der Waals surface area contributed by atoms with Gasteiger partial charge >= 0.3 is 5.97 Å². The van der Waals surface area contributed by atoms with Crippen molar-refractivity contribution in [3.05, 3.63) is 17.2 Å². The van der Waals surface area contributed by atoms with Crippen LogP contribution >= 0.6 is 0 Å². The number of carbonyl (C=O) groups is 1. The number of imidazole rings is 1. The van der Waals surface area contributed by atoms with E-state index in [1.54, 1.807) is 6.92 Å². The van der Waals surface area contributed by atoms with Crippen molar-refractivity contribution in [3.8, 4) is 0 Å². The Hall–Kier alpha value is -1.36. The van der Waals surface area contributed by atoms with Crippen molar-refractivity contribution in [2.24, 2.45) is 5.73 Å². The SMILES string of the molecule is Cc1[nH]c(CN)nc1C(=O)O. The summed E-state index contributed by atoms with van der Waals surface area (Å²) in [7, 11) is 0. The molecule has 0 aliphatic carbocycles. The average molecular weight is 155 g/mol. The minimum atomic E-state index is -1.03. The largest absolute Gasteiger partial charge is 0.476 e. The first kappa shape index (κ1) is 7.74. The van der Waals surface area contributed by atoms with Gasteiger partial charge in [0.2, 0.25) is 0 Å². The van der Waals surface area contributed by atoms with Crippen molar-refractivity contribution < 1.29 is 9.90 Å². The fourth-order valence-electron chi connectivity index (χ4n) is 0.827. The summed E-state index contributed by atoms with van der Waals surface area (Å²) in [5.41, 5.74) is 5.83. The molecule has 0 aromatic carbocycles. The predicted molar refractivity (Wildman–Crippen MR) is 38.2 cm³/mol. The Bertz CT molecular complexity index is 279. The van der Waals surface area contributed by atoms with Crippen LogP contribution in [0.1, 0.15) is 22.0 Å². The van der Waals surface area contributed by atoms with Crippen LogP contribution in [0.25, 0.3) is 0 Å². The number of carboxylic acid groups (broad SMARTS) is 1. The molecule has 0 bridgehead atoms. The van der Waals surface area contributed by atoms with Gasteiger partial charge in [-0.05, 0) is 6.92 Å². The Morgan fingerprint density at radius 2 is 2.45 bits per heavy atom. The molecule has 0 amide bonds. The number of H-pyrrole nitrogens is 1. The quantitative estimate of drug-likeness (QED) is 0.555. The van der Waals surface area contributed by atoms with E-state index in [0.717, 1.165) is 0 Å². The Kier molecular flexibility index (Phi) is 1.91. The smallest absolute Gasteiger partial charge is 0.356 e. The van der Waals surface area contributed by atoms with Crippen LogP contribution in [0.5, 0.6) is 0 Å². The van der Waals surface area contributed by atoms with Gasteiger partial charge in [-0.25, -0.2) is 9.78 Å². The van der Waals surface area contributed by atoms with Gasteiger partial charge in [0.25, 0.3) is 0 Å². The zero-order valence-electron chi connectivity index (χ0n) is 6.09. The lowest BCUT2D eigenvalue weighted by molar-refractivity contribution is 0.0690. The second-order valence-corrected chi connectivity index (χ2v) is 2.17. The minimum Gasteiger partial charge on any atom is -0.476 e.